The van der Waals surface area contributed by atoms with Crippen molar-refractivity contribution in [2.45, 2.75) is 19.8 Å². The van der Waals surface area contributed by atoms with Crippen LogP contribution in [0.3, 0.4) is 0 Å². The summed E-state index contributed by atoms with van der Waals surface area (Å²) in [5, 5.41) is 2.90. The van der Waals surface area contributed by atoms with E-state index in [1.807, 2.05) is 6.92 Å². The second-order valence-corrected chi connectivity index (χ2v) is 4.20. The molecular weight excluding hydrogens is 174 g/mol. The Labute approximate surface area is 78.3 Å². The number of nitrogens with one attached hydrogen (secondary N) is 1. The van der Waals surface area contributed by atoms with Gasteiger partial charge in [-0.05, 0) is 13.6 Å². The molecule has 0 aromatic rings. The predicted molar refractivity (Wildman–Crippen MR) is 49.1 cm³/mol. The zero-order valence-electron chi connectivity index (χ0n) is 8.53. The van der Waals surface area contributed by atoms with Gasteiger partial charge in [-0.1, -0.05) is 13.8 Å². The molecule has 0 aromatic carbocycles. The van der Waals surface area contributed by atoms with E-state index >= 15 is 0 Å². The number of halogens is 2. The fraction of sp³-hybridized carbons (Fsp3) is 1.00. The topological polar surface area (TPSA) is 15.3 Å². The molecule has 1 heterocycles. The molecule has 0 aromatic heterocycles. The molecule has 1 saturated heterocycles. The minimum atomic E-state index is -2.58. The van der Waals surface area contributed by atoms with Gasteiger partial charge in [0.2, 0.25) is 0 Å². The first-order valence-electron chi connectivity index (χ1n) is 4.68. The smallest absolute Gasteiger partial charge is 0.268 e. The third-order valence-corrected chi connectivity index (χ3v) is 2.92. The van der Waals surface area contributed by atoms with E-state index < -0.39 is 11.3 Å². The average Bonchev–Trinajstić information content (AvgIpc) is 1.98. The van der Waals surface area contributed by atoms with Crippen LogP contribution in [0, 0.1) is 5.41 Å². The van der Waals surface area contributed by atoms with Crippen LogP contribution in [-0.2, 0) is 0 Å². The maximum atomic E-state index is 13.6. The lowest BCUT2D eigenvalue weighted by molar-refractivity contribution is -0.148. The fourth-order valence-electron chi connectivity index (χ4n) is 1.40. The molecule has 1 N–H and O–H groups in total. The predicted octanol–water partition coefficient (Wildman–Crippen LogP) is 1.18. The van der Waals surface area contributed by atoms with Crippen molar-refractivity contribution in [1.82, 2.24) is 10.2 Å². The summed E-state index contributed by atoms with van der Waals surface area (Å²) in [6.07, 6.45) is 0. The average molecular weight is 192 g/mol. The molecule has 0 saturated carbocycles. The highest BCUT2D eigenvalue weighted by Gasteiger charge is 2.53. The minimum Gasteiger partial charge on any atom is -0.315 e. The van der Waals surface area contributed by atoms with Gasteiger partial charge in [0, 0.05) is 13.1 Å². The highest BCUT2D eigenvalue weighted by atomic mass is 19.3. The highest BCUT2D eigenvalue weighted by Crippen LogP contribution is 2.39. The van der Waals surface area contributed by atoms with Gasteiger partial charge < -0.3 is 10.2 Å². The Bertz CT molecular complexity index is 178. The number of alkyl halides is 2. The number of hydrogen-bond acceptors (Lipinski definition) is 2. The van der Waals surface area contributed by atoms with Crippen molar-refractivity contribution in [1.29, 1.82) is 0 Å². The van der Waals surface area contributed by atoms with Crippen LogP contribution >= 0.6 is 0 Å². The summed E-state index contributed by atoms with van der Waals surface area (Å²) in [7, 11) is 1.73. The van der Waals surface area contributed by atoms with E-state index in [0.717, 1.165) is 0 Å². The second kappa shape index (κ2) is 3.50. The third-order valence-electron chi connectivity index (χ3n) is 2.92. The van der Waals surface area contributed by atoms with Crippen molar-refractivity contribution in [3.05, 3.63) is 0 Å². The van der Waals surface area contributed by atoms with Gasteiger partial charge >= 0.3 is 0 Å². The first-order valence-corrected chi connectivity index (χ1v) is 4.68. The lowest BCUT2D eigenvalue weighted by Gasteiger charge is -2.46. The molecule has 1 aliphatic rings. The molecule has 1 rings (SSSR count). The molecule has 2 nitrogen and oxygen atoms in total. The summed E-state index contributed by atoms with van der Waals surface area (Å²) in [6.45, 7) is 4.92. The summed E-state index contributed by atoms with van der Waals surface area (Å²) < 4.78 is 27.2. The highest BCUT2D eigenvalue weighted by molar-refractivity contribution is 5.00. The Hall–Kier alpha value is -0.220. The number of rotatable bonds is 4. The van der Waals surface area contributed by atoms with Gasteiger partial charge in [-0.25, -0.2) is 8.78 Å². The molecule has 0 aliphatic carbocycles. The van der Waals surface area contributed by atoms with E-state index in [9.17, 15) is 8.78 Å². The second-order valence-electron chi connectivity index (χ2n) is 4.20. The van der Waals surface area contributed by atoms with E-state index in [1.165, 1.54) is 0 Å². The quantitative estimate of drug-likeness (QED) is 0.719. The van der Waals surface area contributed by atoms with Crippen molar-refractivity contribution in [3.63, 3.8) is 0 Å². The first-order chi connectivity index (χ1) is 5.91. The molecule has 13 heavy (non-hydrogen) atoms. The lowest BCUT2D eigenvalue weighted by Crippen LogP contribution is -2.63. The number of hydrogen-bond donors (Lipinski definition) is 1. The van der Waals surface area contributed by atoms with Gasteiger partial charge in [0.1, 0.15) is 0 Å². The monoisotopic (exact) mass is 192 g/mol. The summed E-state index contributed by atoms with van der Waals surface area (Å²) in [5.41, 5.74) is -0.837. The van der Waals surface area contributed by atoms with Gasteiger partial charge in [0.15, 0.2) is 0 Å². The van der Waals surface area contributed by atoms with Crippen molar-refractivity contribution in [3.8, 4) is 0 Å². The molecule has 0 spiro atoms. The van der Waals surface area contributed by atoms with Gasteiger partial charge in [0.25, 0.3) is 5.92 Å². The molecule has 0 bridgehead atoms. The normalized spacial score (nSPS) is 21.7. The zero-order valence-corrected chi connectivity index (χ0v) is 8.53. The van der Waals surface area contributed by atoms with Crippen LogP contribution in [0.1, 0.15) is 13.8 Å². The Morgan fingerprint density at radius 2 is 2.00 bits per heavy atom. The first kappa shape index (κ1) is 10.9. The molecule has 0 radical (unpaired) electrons. The lowest BCUT2D eigenvalue weighted by atomic mass is 9.77. The number of nitrogens with zero attached hydrogens (tertiary/aromatic N) is 1. The van der Waals surface area contributed by atoms with Crippen LogP contribution in [0.4, 0.5) is 8.78 Å². The van der Waals surface area contributed by atoms with Crippen LogP contribution in [0.2, 0.25) is 0 Å². The minimum absolute atomic E-state index is 0.137. The Balaban J connectivity index is 2.54. The summed E-state index contributed by atoms with van der Waals surface area (Å²) >= 11 is 0. The summed E-state index contributed by atoms with van der Waals surface area (Å²) in [4.78, 5) is 1.66. The van der Waals surface area contributed by atoms with Crippen LogP contribution in [0.5, 0.6) is 0 Å². The molecule has 0 atom stereocenters. The van der Waals surface area contributed by atoms with Gasteiger partial charge in [-0.3, -0.25) is 0 Å². The SMILES string of the molecule is CCN(C)CC(F)(F)C1(C)CNC1. The van der Waals surface area contributed by atoms with E-state index in [-0.39, 0.29) is 6.54 Å². The Kier molecular flexibility index (Phi) is 2.92. The van der Waals surface area contributed by atoms with Crippen molar-refractivity contribution < 1.29 is 8.78 Å². The van der Waals surface area contributed by atoms with Crippen molar-refractivity contribution >= 4 is 0 Å². The Morgan fingerprint density at radius 3 is 2.31 bits per heavy atom. The van der Waals surface area contributed by atoms with E-state index in [4.69, 9.17) is 0 Å². The van der Waals surface area contributed by atoms with Gasteiger partial charge in [-0.2, -0.15) is 0 Å². The van der Waals surface area contributed by atoms with Crippen molar-refractivity contribution in [2.24, 2.45) is 5.41 Å². The maximum absolute atomic E-state index is 13.6. The van der Waals surface area contributed by atoms with Gasteiger partial charge in [-0.15, -0.1) is 0 Å². The molecular formula is C9H18F2N2. The Morgan fingerprint density at radius 1 is 1.46 bits per heavy atom. The molecule has 0 amide bonds. The van der Waals surface area contributed by atoms with E-state index in [0.29, 0.717) is 19.6 Å². The third kappa shape index (κ3) is 1.99. The van der Waals surface area contributed by atoms with Gasteiger partial charge in [0.05, 0.1) is 12.0 Å². The van der Waals surface area contributed by atoms with E-state index in [2.05, 4.69) is 5.32 Å². The van der Waals surface area contributed by atoms with Crippen molar-refractivity contribution in [2.75, 3.05) is 33.2 Å². The van der Waals surface area contributed by atoms with Crippen LogP contribution in [0.15, 0.2) is 0 Å². The summed E-state index contributed by atoms with van der Waals surface area (Å²) in [6, 6.07) is 0. The molecule has 0 unspecified atom stereocenters. The van der Waals surface area contributed by atoms with E-state index in [1.54, 1.807) is 18.9 Å². The molecule has 1 fully saturated rings. The maximum Gasteiger partial charge on any atom is 0.268 e. The fourth-order valence-corrected chi connectivity index (χ4v) is 1.40. The largest absolute Gasteiger partial charge is 0.315 e. The van der Waals surface area contributed by atoms with Crippen LogP contribution < -0.4 is 5.32 Å². The zero-order chi connectivity index (χ0) is 10.1. The standard InChI is InChI=1S/C9H18F2N2/c1-4-13(3)7-9(10,11)8(2)5-12-6-8/h12H,4-7H2,1-3H3. The summed E-state index contributed by atoms with van der Waals surface area (Å²) in [5.74, 6) is -2.58. The molecule has 4 heteroatoms. The molecule has 78 valence electrons. The van der Waals surface area contributed by atoms with Crippen LogP contribution in [-0.4, -0.2) is 44.0 Å². The van der Waals surface area contributed by atoms with Crippen LogP contribution in [0.25, 0.3) is 0 Å². The molecule has 1 aliphatic heterocycles.